The minimum Gasteiger partial charge on any atom is -0.376 e. The van der Waals surface area contributed by atoms with Gasteiger partial charge in [0.1, 0.15) is 0 Å². The van der Waals surface area contributed by atoms with Crippen LogP contribution >= 0.6 is 0 Å². The smallest absolute Gasteiger partial charge is 0.254 e. The molecule has 5 rings (SSSR count). The van der Waals surface area contributed by atoms with Crippen LogP contribution in [0.15, 0.2) is 29.0 Å². The van der Waals surface area contributed by atoms with Gasteiger partial charge < -0.3 is 19.1 Å². The number of aromatic nitrogens is 4. The molecule has 8 heteroatoms. The van der Waals surface area contributed by atoms with E-state index in [9.17, 15) is 4.79 Å². The molecule has 1 atom stereocenters. The number of H-pyrrole nitrogens is 1. The number of aromatic amines is 1. The number of carbonyl (C=O) groups is 1. The fourth-order valence-corrected chi connectivity index (χ4v) is 3.69. The highest BCUT2D eigenvalue weighted by Crippen LogP contribution is 2.38. The first-order valence-electron chi connectivity index (χ1n) is 9.93. The van der Waals surface area contributed by atoms with Gasteiger partial charge in [0.25, 0.3) is 5.91 Å². The van der Waals surface area contributed by atoms with Crippen LogP contribution < -0.4 is 0 Å². The van der Waals surface area contributed by atoms with E-state index in [-0.39, 0.29) is 12.0 Å². The number of piperidine rings is 1. The quantitative estimate of drug-likeness (QED) is 0.705. The van der Waals surface area contributed by atoms with Gasteiger partial charge in [-0.05, 0) is 43.9 Å². The summed E-state index contributed by atoms with van der Waals surface area (Å²) in [7, 11) is 0. The second-order valence-corrected chi connectivity index (χ2v) is 7.59. The number of hydrogen-bond acceptors (Lipinski definition) is 6. The van der Waals surface area contributed by atoms with E-state index >= 15 is 0 Å². The van der Waals surface area contributed by atoms with Crippen LogP contribution in [0.5, 0.6) is 0 Å². The van der Waals surface area contributed by atoms with Crippen molar-refractivity contribution in [3.05, 3.63) is 41.8 Å². The SMILES string of the molecule is O=C(c1ccc2nc[nH]c2c1)N1CCCC(OCCc2noc(C3CC3)n2)C1. The first kappa shape index (κ1) is 17.4. The number of carbonyl (C=O) groups excluding carboxylic acids is 1. The molecule has 1 unspecified atom stereocenters. The zero-order chi connectivity index (χ0) is 18.9. The lowest BCUT2D eigenvalue weighted by Gasteiger charge is -2.32. The van der Waals surface area contributed by atoms with Crippen LogP contribution in [0.4, 0.5) is 0 Å². The second-order valence-electron chi connectivity index (χ2n) is 7.59. The third kappa shape index (κ3) is 3.64. The van der Waals surface area contributed by atoms with Crippen LogP contribution in [0.1, 0.15) is 53.7 Å². The Bertz CT molecular complexity index is 977. The summed E-state index contributed by atoms with van der Waals surface area (Å²) in [5, 5.41) is 4.02. The summed E-state index contributed by atoms with van der Waals surface area (Å²) >= 11 is 0. The highest BCUT2D eigenvalue weighted by Gasteiger charge is 2.29. The highest BCUT2D eigenvalue weighted by atomic mass is 16.5. The number of hydrogen-bond donors (Lipinski definition) is 1. The zero-order valence-electron chi connectivity index (χ0n) is 15.6. The van der Waals surface area contributed by atoms with E-state index in [1.165, 1.54) is 0 Å². The van der Waals surface area contributed by atoms with E-state index in [2.05, 4.69) is 20.1 Å². The van der Waals surface area contributed by atoms with Crippen LogP contribution in [0.2, 0.25) is 0 Å². The molecule has 1 aliphatic carbocycles. The predicted molar refractivity (Wildman–Crippen MR) is 101 cm³/mol. The van der Waals surface area contributed by atoms with Crippen LogP contribution in [0.3, 0.4) is 0 Å². The molecule has 146 valence electrons. The molecular formula is C20H23N5O3. The summed E-state index contributed by atoms with van der Waals surface area (Å²) in [5.74, 6) is 1.98. The molecule has 0 spiro atoms. The summed E-state index contributed by atoms with van der Waals surface area (Å²) in [4.78, 5) is 26.4. The predicted octanol–water partition coefficient (Wildman–Crippen LogP) is 2.69. The van der Waals surface area contributed by atoms with Gasteiger partial charge in [-0.2, -0.15) is 4.98 Å². The molecule has 3 heterocycles. The molecule has 0 bridgehead atoms. The summed E-state index contributed by atoms with van der Waals surface area (Å²) in [6.07, 6.45) is 6.52. The van der Waals surface area contributed by atoms with E-state index in [1.807, 2.05) is 23.1 Å². The molecule has 28 heavy (non-hydrogen) atoms. The van der Waals surface area contributed by atoms with Gasteiger partial charge in [-0.25, -0.2) is 4.98 Å². The highest BCUT2D eigenvalue weighted by molar-refractivity contribution is 5.97. The number of rotatable bonds is 6. The van der Waals surface area contributed by atoms with Crippen molar-refractivity contribution in [3.63, 3.8) is 0 Å². The molecule has 8 nitrogen and oxygen atoms in total. The lowest BCUT2D eigenvalue weighted by molar-refractivity contribution is 0.00252. The van der Waals surface area contributed by atoms with Crippen molar-refractivity contribution in [2.45, 2.75) is 44.1 Å². The molecule has 1 saturated carbocycles. The van der Waals surface area contributed by atoms with Crippen molar-refractivity contribution in [3.8, 4) is 0 Å². The minimum absolute atomic E-state index is 0.0389. The number of amides is 1. The van der Waals surface area contributed by atoms with E-state index in [0.29, 0.717) is 36.9 Å². The summed E-state index contributed by atoms with van der Waals surface area (Å²) in [5.41, 5.74) is 2.42. The monoisotopic (exact) mass is 381 g/mol. The first-order chi connectivity index (χ1) is 13.8. The number of imidazole rings is 1. The average molecular weight is 381 g/mol. The average Bonchev–Trinajstić information content (AvgIpc) is 3.28. The van der Waals surface area contributed by atoms with Crippen LogP contribution in [-0.2, 0) is 11.2 Å². The Morgan fingerprint density at radius 1 is 1.32 bits per heavy atom. The van der Waals surface area contributed by atoms with Crippen molar-refractivity contribution in [2.24, 2.45) is 0 Å². The lowest BCUT2D eigenvalue weighted by Crippen LogP contribution is -2.43. The minimum atomic E-state index is 0.0389. The molecule has 1 N–H and O–H groups in total. The van der Waals surface area contributed by atoms with Crippen molar-refractivity contribution in [1.29, 1.82) is 0 Å². The molecule has 1 aliphatic heterocycles. The second kappa shape index (κ2) is 7.35. The number of nitrogens with one attached hydrogen (secondary N) is 1. The van der Waals surface area contributed by atoms with Gasteiger partial charge >= 0.3 is 0 Å². The van der Waals surface area contributed by atoms with Crippen molar-refractivity contribution >= 4 is 16.9 Å². The Morgan fingerprint density at radius 3 is 3.14 bits per heavy atom. The molecule has 2 aliphatic rings. The number of benzene rings is 1. The Balaban J connectivity index is 1.15. The van der Waals surface area contributed by atoms with Gasteiger partial charge in [0, 0.05) is 31.0 Å². The first-order valence-corrected chi connectivity index (χ1v) is 9.93. The maximum Gasteiger partial charge on any atom is 0.254 e. The van der Waals surface area contributed by atoms with E-state index in [4.69, 9.17) is 9.26 Å². The zero-order valence-corrected chi connectivity index (χ0v) is 15.6. The van der Waals surface area contributed by atoms with E-state index in [1.54, 1.807) is 6.33 Å². The molecule has 2 fully saturated rings. The van der Waals surface area contributed by atoms with Crippen molar-refractivity contribution in [1.82, 2.24) is 25.0 Å². The number of nitrogens with zero attached hydrogens (tertiary/aromatic N) is 4. The standard InChI is InChI=1S/C20H23N5O3/c26-20(14-5-6-16-17(10-14)22-12-21-16)25-8-1-2-15(11-25)27-9-7-18-23-19(28-24-18)13-3-4-13/h5-6,10,12-13,15H,1-4,7-9,11H2,(H,21,22). The molecule has 1 amide bonds. The molecule has 3 aromatic rings. The fraction of sp³-hybridized carbons (Fsp3) is 0.500. The Kier molecular flexibility index (Phi) is 4.56. The fourth-order valence-electron chi connectivity index (χ4n) is 3.69. The van der Waals surface area contributed by atoms with Crippen molar-refractivity contribution < 1.29 is 14.1 Å². The van der Waals surface area contributed by atoms with Crippen LogP contribution in [0, 0.1) is 0 Å². The largest absolute Gasteiger partial charge is 0.376 e. The lowest BCUT2D eigenvalue weighted by atomic mass is 10.1. The van der Waals surface area contributed by atoms with Gasteiger partial charge in [-0.1, -0.05) is 5.16 Å². The number of ether oxygens (including phenoxy) is 1. The third-order valence-corrected chi connectivity index (χ3v) is 5.42. The van der Waals surface area contributed by atoms with Gasteiger partial charge in [0.2, 0.25) is 5.89 Å². The third-order valence-electron chi connectivity index (χ3n) is 5.42. The van der Waals surface area contributed by atoms with Crippen molar-refractivity contribution in [2.75, 3.05) is 19.7 Å². The molecule has 1 aromatic carbocycles. The number of likely N-dealkylation sites (tertiary alicyclic amines) is 1. The van der Waals surface area contributed by atoms with Crippen LogP contribution in [-0.4, -0.2) is 56.7 Å². The Morgan fingerprint density at radius 2 is 2.25 bits per heavy atom. The summed E-state index contributed by atoms with van der Waals surface area (Å²) in [6.45, 7) is 1.91. The van der Waals surface area contributed by atoms with Gasteiger partial charge in [-0.15, -0.1) is 0 Å². The molecule has 0 radical (unpaired) electrons. The normalized spacial score (nSPS) is 20.0. The number of fused-ring (bicyclic) bond motifs is 1. The topological polar surface area (TPSA) is 97.1 Å². The molecular weight excluding hydrogens is 358 g/mol. The Labute approximate surface area is 162 Å². The maximum atomic E-state index is 12.9. The van der Waals surface area contributed by atoms with Crippen LogP contribution in [0.25, 0.3) is 11.0 Å². The molecule has 1 saturated heterocycles. The Hall–Kier alpha value is -2.74. The van der Waals surface area contributed by atoms with E-state index in [0.717, 1.165) is 49.2 Å². The van der Waals surface area contributed by atoms with E-state index < -0.39 is 0 Å². The van der Waals surface area contributed by atoms with Gasteiger partial charge in [-0.3, -0.25) is 4.79 Å². The maximum absolute atomic E-state index is 12.9. The summed E-state index contributed by atoms with van der Waals surface area (Å²) < 4.78 is 11.3. The summed E-state index contributed by atoms with van der Waals surface area (Å²) in [6, 6.07) is 5.57. The van der Waals surface area contributed by atoms with Gasteiger partial charge in [0.05, 0.1) is 30.1 Å². The van der Waals surface area contributed by atoms with Gasteiger partial charge in [0.15, 0.2) is 5.82 Å². The molecule has 2 aromatic heterocycles.